The Morgan fingerprint density at radius 2 is 2.18 bits per heavy atom. The molecule has 7 heteroatoms. The van der Waals surface area contributed by atoms with E-state index in [9.17, 15) is 19.7 Å². The maximum Gasteiger partial charge on any atom is 0.315 e. The van der Waals surface area contributed by atoms with E-state index in [-0.39, 0.29) is 11.4 Å². The monoisotopic (exact) mass is 238 g/mol. The van der Waals surface area contributed by atoms with Crippen LogP contribution in [-0.2, 0) is 14.3 Å². The highest BCUT2D eigenvalue weighted by Gasteiger charge is 2.11. The SMILES string of the molecule is COC(=O)CC(=O)Nc1cccc([N+](=O)[O-])c1. The Balaban J connectivity index is 2.68. The van der Waals surface area contributed by atoms with Gasteiger partial charge in [0.2, 0.25) is 5.91 Å². The normalized spacial score (nSPS) is 9.47. The fourth-order valence-corrected chi connectivity index (χ4v) is 1.11. The van der Waals surface area contributed by atoms with E-state index < -0.39 is 23.2 Å². The average Bonchev–Trinajstić information content (AvgIpc) is 2.28. The van der Waals surface area contributed by atoms with Crippen LogP contribution in [0.3, 0.4) is 0 Å². The smallest absolute Gasteiger partial charge is 0.315 e. The first-order chi connectivity index (χ1) is 8.02. The molecule has 90 valence electrons. The number of ether oxygens (including phenoxy) is 1. The van der Waals surface area contributed by atoms with Crippen molar-refractivity contribution in [1.29, 1.82) is 0 Å². The van der Waals surface area contributed by atoms with Crippen molar-refractivity contribution in [3.05, 3.63) is 34.4 Å². The Kier molecular flexibility index (Phi) is 4.15. The molecule has 0 aliphatic rings. The fraction of sp³-hybridized carbons (Fsp3) is 0.200. The topological polar surface area (TPSA) is 98.5 Å². The van der Waals surface area contributed by atoms with Crippen molar-refractivity contribution in [3.63, 3.8) is 0 Å². The van der Waals surface area contributed by atoms with E-state index in [0.29, 0.717) is 0 Å². The van der Waals surface area contributed by atoms with Gasteiger partial charge in [0.1, 0.15) is 6.42 Å². The molecule has 0 heterocycles. The summed E-state index contributed by atoms with van der Waals surface area (Å²) in [6, 6.07) is 5.43. The number of nitrogens with zero attached hydrogens (tertiary/aromatic N) is 1. The van der Waals surface area contributed by atoms with Crippen molar-refractivity contribution in [2.75, 3.05) is 12.4 Å². The van der Waals surface area contributed by atoms with E-state index in [4.69, 9.17) is 0 Å². The second kappa shape index (κ2) is 5.59. The summed E-state index contributed by atoms with van der Waals surface area (Å²) in [4.78, 5) is 32.0. The number of hydrogen-bond donors (Lipinski definition) is 1. The molecule has 7 nitrogen and oxygen atoms in total. The number of anilines is 1. The fourth-order valence-electron chi connectivity index (χ4n) is 1.11. The summed E-state index contributed by atoms with van der Waals surface area (Å²) in [7, 11) is 1.17. The van der Waals surface area contributed by atoms with Crippen LogP contribution < -0.4 is 5.32 Å². The molecule has 1 N–H and O–H groups in total. The molecule has 0 spiro atoms. The van der Waals surface area contributed by atoms with Crippen LogP contribution in [0.1, 0.15) is 6.42 Å². The van der Waals surface area contributed by atoms with Crippen molar-refractivity contribution in [3.8, 4) is 0 Å². The second-order valence-electron chi connectivity index (χ2n) is 3.11. The molecule has 1 aromatic carbocycles. The van der Waals surface area contributed by atoms with Gasteiger partial charge in [-0.2, -0.15) is 0 Å². The maximum atomic E-state index is 11.3. The highest BCUT2D eigenvalue weighted by molar-refractivity contribution is 6.01. The number of hydrogen-bond acceptors (Lipinski definition) is 5. The molecule has 0 aliphatic heterocycles. The molecule has 0 bridgehead atoms. The zero-order valence-electron chi connectivity index (χ0n) is 9.00. The Labute approximate surface area is 96.5 Å². The quantitative estimate of drug-likeness (QED) is 0.366. The Hall–Kier alpha value is -2.44. The molecule has 17 heavy (non-hydrogen) atoms. The van der Waals surface area contributed by atoms with E-state index in [2.05, 4.69) is 10.1 Å². The molecule has 0 atom stereocenters. The largest absolute Gasteiger partial charge is 0.469 e. The summed E-state index contributed by atoms with van der Waals surface area (Å²) in [5.74, 6) is -1.26. The summed E-state index contributed by atoms with van der Waals surface area (Å²) in [6.07, 6.45) is -0.431. The molecule has 0 fully saturated rings. The molecule has 0 aliphatic carbocycles. The number of non-ortho nitro benzene ring substituents is 1. The number of rotatable bonds is 4. The van der Waals surface area contributed by atoms with Gasteiger partial charge < -0.3 is 10.1 Å². The number of nitrogens with one attached hydrogen (secondary N) is 1. The number of nitro groups is 1. The van der Waals surface area contributed by atoms with Gasteiger partial charge in [0.15, 0.2) is 0 Å². The maximum absolute atomic E-state index is 11.3. The van der Waals surface area contributed by atoms with Crippen LogP contribution in [0.25, 0.3) is 0 Å². The van der Waals surface area contributed by atoms with Gasteiger partial charge in [0.25, 0.3) is 5.69 Å². The Morgan fingerprint density at radius 3 is 2.76 bits per heavy atom. The van der Waals surface area contributed by atoms with Crippen molar-refractivity contribution in [2.45, 2.75) is 6.42 Å². The zero-order valence-corrected chi connectivity index (χ0v) is 9.00. The van der Waals surface area contributed by atoms with Gasteiger partial charge in [0.05, 0.1) is 12.0 Å². The summed E-state index contributed by atoms with van der Waals surface area (Å²) >= 11 is 0. The lowest BCUT2D eigenvalue weighted by atomic mass is 10.2. The van der Waals surface area contributed by atoms with Gasteiger partial charge in [-0.05, 0) is 6.07 Å². The third-order valence-corrected chi connectivity index (χ3v) is 1.87. The molecular formula is C10H10N2O5. The van der Waals surface area contributed by atoms with Crippen LogP contribution in [0.15, 0.2) is 24.3 Å². The number of benzene rings is 1. The number of methoxy groups -OCH3 is 1. The van der Waals surface area contributed by atoms with Crippen LogP contribution in [0, 0.1) is 10.1 Å². The van der Waals surface area contributed by atoms with Crippen molar-refractivity contribution >= 4 is 23.3 Å². The third-order valence-electron chi connectivity index (χ3n) is 1.87. The van der Waals surface area contributed by atoms with Gasteiger partial charge in [-0.1, -0.05) is 6.07 Å². The van der Waals surface area contributed by atoms with Crippen LogP contribution in [0.2, 0.25) is 0 Å². The van der Waals surface area contributed by atoms with E-state index >= 15 is 0 Å². The van der Waals surface area contributed by atoms with Crippen LogP contribution in [-0.4, -0.2) is 23.9 Å². The minimum atomic E-state index is -0.673. The first kappa shape index (κ1) is 12.6. The molecule has 0 unspecified atom stereocenters. The van der Waals surface area contributed by atoms with E-state index in [1.807, 2.05) is 0 Å². The molecule has 0 saturated heterocycles. The molecular weight excluding hydrogens is 228 g/mol. The van der Waals surface area contributed by atoms with Gasteiger partial charge >= 0.3 is 5.97 Å². The molecule has 1 amide bonds. The van der Waals surface area contributed by atoms with Crippen LogP contribution >= 0.6 is 0 Å². The van der Waals surface area contributed by atoms with Gasteiger partial charge in [-0.25, -0.2) is 0 Å². The number of amides is 1. The second-order valence-corrected chi connectivity index (χ2v) is 3.11. The highest BCUT2D eigenvalue weighted by Crippen LogP contribution is 2.17. The highest BCUT2D eigenvalue weighted by atomic mass is 16.6. The summed E-state index contributed by atoms with van der Waals surface area (Å²) in [6.45, 7) is 0. The number of esters is 1. The number of carbonyl (C=O) groups excluding carboxylic acids is 2. The van der Waals surface area contributed by atoms with E-state index in [1.165, 1.54) is 31.4 Å². The molecule has 0 aromatic heterocycles. The van der Waals surface area contributed by atoms with E-state index in [0.717, 1.165) is 0 Å². The third kappa shape index (κ3) is 3.90. The van der Waals surface area contributed by atoms with Crippen LogP contribution in [0.5, 0.6) is 0 Å². The average molecular weight is 238 g/mol. The van der Waals surface area contributed by atoms with Crippen molar-refractivity contribution in [2.24, 2.45) is 0 Å². The molecule has 1 rings (SSSR count). The standard InChI is InChI=1S/C10H10N2O5/c1-17-10(14)6-9(13)11-7-3-2-4-8(5-7)12(15)16/h2-5H,6H2,1H3,(H,11,13). The number of nitro benzene ring substituents is 1. The summed E-state index contributed by atoms with van der Waals surface area (Å²) in [5.41, 5.74) is 0.119. The van der Waals surface area contributed by atoms with Crippen molar-refractivity contribution in [1.82, 2.24) is 0 Å². The Bertz CT molecular complexity index is 458. The van der Waals surface area contributed by atoms with Gasteiger partial charge in [-0.15, -0.1) is 0 Å². The lowest BCUT2D eigenvalue weighted by molar-refractivity contribution is -0.384. The van der Waals surface area contributed by atoms with Crippen molar-refractivity contribution < 1.29 is 19.2 Å². The predicted molar refractivity (Wildman–Crippen MR) is 58.4 cm³/mol. The Morgan fingerprint density at radius 1 is 1.47 bits per heavy atom. The molecule has 0 radical (unpaired) electrons. The summed E-state index contributed by atoms with van der Waals surface area (Å²) < 4.78 is 4.31. The first-order valence-electron chi connectivity index (χ1n) is 4.64. The van der Waals surface area contributed by atoms with Crippen LogP contribution in [0.4, 0.5) is 11.4 Å². The first-order valence-corrected chi connectivity index (χ1v) is 4.64. The lowest BCUT2D eigenvalue weighted by Crippen LogP contribution is -2.17. The lowest BCUT2D eigenvalue weighted by Gasteiger charge is -2.03. The van der Waals surface area contributed by atoms with Gasteiger partial charge in [-0.3, -0.25) is 19.7 Å². The van der Waals surface area contributed by atoms with E-state index in [1.54, 1.807) is 0 Å². The zero-order chi connectivity index (χ0) is 12.8. The van der Waals surface area contributed by atoms with Gasteiger partial charge in [0, 0.05) is 17.8 Å². The molecule has 0 saturated carbocycles. The predicted octanol–water partition coefficient (Wildman–Crippen LogP) is 1.10. The number of carbonyl (C=O) groups is 2. The summed E-state index contributed by atoms with van der Waals surface area (Å²) in [5, 5.41) is 12.8. The minimum absolute atomic E-state index is 0.138. The molecule has 1 aromatic rings. The minimum Gasteiger partial charge on any atom is -0.469 e.